The van der Waals surface area contributed by atoms with E-state index in [4.69, 9.17) is 5.11 Å². The van der Waals surface area contributed by atoms with Crippen LogP contribution in [0.2, 0.25) is 0 Å². The van der Waals surface area contributed by atoms with Crippen LogP contribution in [0.5, 0.6) is 0 Å². The zero-order chi connectivity index (χ0) is 8.23. The number of aliphatic hydroxyl groups is 1. The lowest BCUT2D eigenvalue weighted by Crippen LogP contribution is -2.10. The topological polar surface area (TPSA) is 20.2 Å². The van der Waals surface area contributed by atoms with Crippen molar-refractivity contribution in [3.63, 3.8) is 0 Å². The molecule has 3 aliphatic rings. The van der Waals surface area contributed by atoms with Crippen molar-refractivity contribution in [3.05, 3.63) is 24.3 Å². The summed E-state index contributed by atoms with van der Waals surface area (Å²) >= 11 is 3.87. The van der Waals surface area contributed by atoms with E-state index < -0.39 is 0 Å². The summed E-state index contributed by atoms with van der Waals surface area (Å²) in [5.74, 6) is 0. The van der Waals surface area contributed by atoms with Crippen molar-refractivity contribution >= 4 is 23.5 Å². The molecular formula is C9H10OS2. The van der Waals surface area contributed by atoms with Crippen LogP contribution in [0, 0.1) is 0 Å². The first kappa shape index (κ1) is 7.54. The lowest BCUT2D eigenvalue weighted by molar-refractivity contribution is 0.316. The Kier molecular flexibility index (Phi) is 1.34. The van der Waals surface area contributed by atoms with Crippen molar-refractivity contribution in [1.82, 2.24) is 0 Å². The minimum atomic E-state index is 0.306. The van der Waals surface area contributed by atoms with E-state index >= 15 is 0 Å². The van der Waals surface area contributed by atoms with E-state index in [0.29, 0.717) is 20.7 Å². The molecule has 2 fully saturated rings. The zero-order valence-corrected chi connectivity index (χ0v) is 8.20. The number of rotatable bonds is 1. The van der Waals surface area contributed by atoms with Crippen molar-refractivity contribution in [2.45, 2.75) is 20.5 Å². The Balaban J connectivity index is 1.95. The molecule has 1 nitrogen and oxygen atoms in total. The van der Waals surface area contributed by atoms with Gasteiger partial charge in [-0.2, -0.15) is 0 Å². The zero-order valence-electron chi connectivity index (χ0n) is 6.56. The van der Waals surface area contributed by atoms with Crippen molar-refractivity contribution in [2.75, 3.05) is 6.61 Å². The summed E-state index contributed by atoms with van der Waals surface area (Å²) < 4.78 is 1.12. The van der Waals surface area contributed by atoms with Gasteiger partial charge in [-0.05, 0) is 6.42 Å². The van der Waals surface area contributed by atoms with Gasteiger partial charge >= 0.3 is 0 Å². The predicted octanol–water partition coefficient (Wildman–Crippen LogP) is 1.79. The Hall–Kier alpha value is 0.140. The van der Waals surface area contributed by atoms with E-state index in [-0.39, 0.29) is 0 Å². The van der Waals surface area contributed by atoms with E-state index in [2.05, 4.69) is 24.3 Å². The average molecular weight is 198 g/mol. The maximum absolute atomic E-state index is 9.05. The van der Waals surface area contributed by atoms with Gasteiger partial charge in [-0.15, -0.1) is 23.5 Å². The smallest absolute Gasteiger partial charge is 0.0751 e. The molecule has 2 aliphatic carbocycles. The second kappa shape index (κ2) is 2.14. The van der Waals surface area contributed by atoms with Crippen LogP contribution in [0.1, 0.15) is 6.42 Å². The fourth-order valence-corrected chi connectivity index (χ4v) is 6.26. The maximum atomic E-state index is 9.05. The van der Waals surface area contributed by atoms with Gasteiger partial charge in [-0.25, -0.2) is 0 Å². The van der Waals surface area contributed by atoms with Gasteiger partial charge in [0.15, 0.2) is 0 Å². The number of hydrogen-bond acceptors (Lipinski definition) is 3. The Morgan fingerprint density at radius 1 is 1.25 bits per heavy atom. The van der Waals surface area contributed by atoms with Crippen LogP contribution in [-0.2, 0) is 0 Å². The van der Waals surface area contributed by atoms with Gasteiger partial charge in [0.05, 0.1) is 20.7 Å². The quantitative estimate of drug-likeness (QED) is 0.693. The standard InChI is InChI=1S/C9H10OS2/c10-5-7-11-8-3-1-2-4-9(8,6-8)12-7/h1-4,7,10H,5-6H2/t7?,8-,9+. The largest absolute Gasteiger partial charge is 0.394 e. The second-order valence-corrected chi connectivity index (χ2v) is 6.89. The minimum Gasteiger partial charge on any atom is -0.394 e. The average Bonchev–Trinajstić information content (AvgIpc) is 2.62. The summed E-state index contributed by atoms with van der Waals surface area (Å²) in [5, 5.41) is 9.05. The first-order valence-electron chi connectivity index (χ1n) is 4.14. The molecule has 1 unspecified atom stereocenters. The van der Waals surface area contributed by atoms with Gasteiger partial charge in [0.25, 0.3) is 0 Å². The molecule has 0 amide bonds. The number of aliphatic hydroxyl groups excluding tert-OH is 1. The molecule has 1 saturated carbocycles. The number of allylic oxidation sites excluding steroid dienone is 2. The Morgan fingerprint density at radius 2 is 1.83 bits per heavy atom. The molecule has 0 aromatic carbocycles. The Labute approximate surface area is 80.3 Å². The van der Waals surface area contributed by atoms with E-state index in [0.717, 1.165) is 0 Å². The van der Waals surface area contributed by atoms with Crippen LogP contribution < -0.4 is 0 Å². The highest BCUT2D eigenvalue weighted by Gasteiger charge is 2.71. The molecule has 3 atom stereocenters. The fraction of sp³-hybridized carbons (Fsp3) is 0.556. The summed E-state index contributed by atoms with van der Waals surface area (Å²) in [5.41, 5.74) is 0. The molecule has 64 valence electrons. The second-order valence-electron chi connectivity index (χ2n) is 3.52. The highest BCUT2D eigenvalue weighted by Crippen LogP contribution is 2.76. The van der Waals surface area contributed by atoms with E-state index in [1.54, 1.807) is 0 Å². The van der Waals surface area contributed by atoms with Crippen LogP contribution >= 0.6 is 23.5 Å². The summed E-state index contributed by atoms with van der Waals surface area (Å²) in [6.07, 6.45) is 10.1. The van der Waals surface area contributed by atoms with E-state index in [1.165, 1.54) is 6.42 Å². The molecule has 1 saturated heterocycles. The molecule has 1 aliphatic heterocycles. The van der Waals surface area contributed by atoms with Gasteiger partial charge in [0.1, 0.15) is 0 Å². The van der Waals surface area contributed by atoms with Crippen LogP contribution in [0.4, 0.5) is 0 Å². The maximum Gasteiger partial charge on any atom is 0.0751 e. The summed E-state index contributed by atoms with van der Waals surface area (Å²) in [4.78, 5) is 0. The third-order valence-electron chi connectivity index (χ3n) is 2.79. The van der Waals surface area contributed by atoms with Crippen molar-refractivity contribution < 1.29 is 5.11 Å². The molecule has 0 spiro atoms. The fourth-order valence-electron chi connectivity index (χ4n) is 2.10. The molecule has 12 heavy (non-hydrogen) atoms. The monoisotopic (exact) mass is 198 g/mol. The number of thioether (sulfide) groups is 2. The third kappa shape index (κ3) is 0.727. The van der Waals surface area contributed by atoms with Crippen molar-refractivity contribution in [1.29, 1.82) is 0 Å². The van der Waals surface area contributed by atoms with Crippen molar-refractivity contribution in [2.24, 2.45) is 0 Å². The molecule has 0 aromatic heterocycles. The lowest BCUT2D eigenvalue weighted by atomic mass is 10.2. The number of hydrogen-bond donors (Lipinski definition) is 1. The summed E-state index contributed by atoms with van der Waals surface area (Å²) in [6.45, 7) is 0.306. The molecule has 1 N–H and O–H groups in total. The summed E-state index contributed by atoms with van der Waals surface area (Å²) in [6, 6.07) is 0. The lowest BCUT2D eigenvalue weighted by Gasteiger charge is -2.10. The Morgan fingerprint density at radius 3 is 2.33 bits per heavy atom. The van der Waals surface area contributed by atoms with Gasteiger partial charge in [-0.3, -0.25) is 0 Å². The van der Waals surface area contributed by atoms with Crippen LogP contribution in [0.15, 0.2) is 24.3 Å². The van der Waals surface area contributed by atoms with E-state index in [9.17, 15) is 0 Å². The molecule has 0 radical (unpaired) electrons. The molecule has 3 rings (SSSR count). The molecule has 0 bridgehead atoms. The minimum absolute atomic E-state index is 0.306. The van der Waals surface area contributed by atoms with Gasteiger partial charge in [0.2, 0.25) is 0 Å². The SMILES string of the molecule is OCC1S[C@@]23C=CC=C[C@@]2(C3)S1. The van der Waals surface area contributed by atoms with Gasteiger partial charge in [-0.1, -0.05) is 24.3 Å². The molecule has 3 heteroatoms. The normalized spacial score (nSPS) is 53.6. The molecular weight excluding hydrogens is 188 g/mol. The van der Waals surface area contributed by atoms with E-state index in [1.807, 2.05) is 23.5 Å². The summed E-state index contributed by atoms with van der Waals surface area (Å²) in [7, 11) is 0. The van der Waals surface area contributed by atoms with Gasteiger partial charge in [0, 0.05) is 0 Å². The third-order valence-corrected chi connectivity index (χ3v) is 6.45. The van der Waals surface area contributed by atoms with Crippen LogP contribution in [0.3, 0.4) is 0 Å². The molecule has 1 heterocycles. The Bertz CT molecular complexity index is 260. The van der Waals surface area contributed by atoms with Crippen LogP contribution in [-0.4, -0.2) is 25.8 Å². The highest BCUT2D eigenvalue weighted by molar-refractivity contribution is 8.23. The molecule has 0 aromatic rings. The highest BCUT2D eigenvalue weighted by atomic mass is 32.2. The first-order chi connectivity index (χ1) is 5.80. The first-order valence-corrected chi connectivity index (χ1v) is 5.90. The van der Waals surface area contributed by atoms with Crippen molar-refractivity contribution in [3.8, 4) is 0 Å². The van der Waals surface area contributed by atoms with Crippen LogP contribution in [0.25, 0.3) is 0 Å². The predicted molar refractivity (Wildman–Crippen MR) is 54.4 cm³/mol. The van der Waals surface area contributed by atoms with Gasteiger partial charge < -0.3 is 5.11 Å².